The van der Waals surface area contributed by atoms with E-state index in [4.69, 9.17) is 0 Å². The van der Waals surface area contributed by atoms with E-state index < -0.39 is 11.3 Å². The molecular weight excluding hydrogens is 166 g/mol. The van der Waals surface area contributed by atoms with E-state index in [0.717, 1.165) is 0 Å². The summed E-state index contributed by atoms with van der Waals surface area (Å²) in [5, 5.41) is 2.12. The summed E-state index contributed by atoms with van der Waals surface area (Å²) in [4.78, 5) is 23.9. The number of hydrogen-bond donors (Lipinski definition) is 1. The average molecular weight is 169 g/mol. The summed E-state index contributed by atoms with van der Waals surface area (Å²) in [7, 11) is 0. The van der Waals surface area contributed by atoms with Gasteiger partial charge in [-0.15, -0.1) is 11.3 Å². The van der Waals surface area contributed by atoms with Gasteiger partial charge in [-0.1, -0.05) is 0 Å². The number of rotatable bonds is 0. The fraction of sp³-hybridized carbons (Fsp3) is 0. The van der Waals surface area contributed by atoms with E-state index in [-0.39, 0.29) is 0 Å². The predicted molar refractivity (Wildman–Crippen MR) is 41.0 cm³/mol. The second kappa shape index (κ2) is 2.06. The summed E-state index contributed by atoms with van der Waals surface area (Å²) in [6, 6.07) is 1.61. The largest absolute Gasteiger partial charge is 0.420 e. The number of hydrogen-bond acceptors (Lipinski definition) is 4. The molecule has 0 radical (unpaired) electrons. The summed E-state index contributed by atoms with van der Waals surface area (Å²) >= 11 is 1.23. The molecule has 0 aliphatic carbocycles. The van der Waals surface area contributed by atoms with Crippen LogP contribution in [0.15, 0.2) is 25.5 Å². The number of fused-ring (bicyclic) bond motifs is 1. The molecule has 0 aromatic carbocycles. The van der Waals surface area contributed by atoms with Crippen molar-refractivity contribution < 1.29 is 4.42 Å². The van der Waals surface area contributed by atoms with Crippen molar-refractivity contribution in [3.05, 3.63) is 32.4 Å². The Morgan fingerprint density at radius 2 is 2.27 bits per heavy atom. The highest BCUT2D eigenvalue weighted by atomic mass is 32.1. The highest BCUT2D eigenvalue weighted by molar-refractivity contribution is 7.16. The summed E-state index contributed by atoms with van der Waals surface area (Å²) in [6.07, 6.45) is 0. The SMILES string of the molecule is O=c1[nH]c(=O)c2ccsc2o1. The minimum Gasteiger partial charge on any atom is -0.398 e. The third-order valence-corrected chi connectivity index (χ3v) is 2.06. The van der Waals surface area contributed by atoms with Crippen LogP contribution in [0.25, 0.3) is 10.3 Å². The van der Waals surface area contributed by atoms with Crippen molar-refractivity contribution in [3.63, 3.8) is 0 Å². The van der Waals surface area contributed by atoms with Crippen molar-refractivity contribution in [3.8, 4) is 0 Å². The van der Waals surface area contributed by atoms with Gasteiger partial charge in [0, 0.05) is 0 Å². The molecule has 0 fully saturated rings. The van der Waals surface area contributed by atoms with Gasteiger partial charge in [0.2, 0.25) is 0 Å². The summed E-state index contributed by atoms with van der Waals surface area (Å²) in [6.45, 7) is 0. The van der Waals surface area contributed by atoms with Crippen LogP contribution in [0, 0.1) is 0 Å². The number of nitrogens with one attached hydrogen (secondary N) is 1. The van der Waals surface area contributed by atoms with Crippen molar-refractivity contribution in [2.24, 2.45) is 0 Å². The average Bonchev–Trinajstić information content (AvgIpc) is 2.34. The van der Waals surface area contributed by atoms with Crippen molar-refractivity contribution in [2.75, 3.05) is 0 Å². The quantitative estimate of drug-likeness (QED) is 0.626. The molecule has 0 aliphatic rings. The molecule has 0 bridgehead atoms. The van der Waals surface area contributed by atoms with Crippen molar-refractivity contribution in [1.29, 1.82) is 0 Å². The van der Waals surface area contributed by atoms with Gasteiger partial charge in [0.25, 0.3) is 5.56 Å². The lowest BCUT2D eigenvalue weighted by atomic mass is 10.4. The number of thiophene rings is 1. The monoisotopic (exact) mass is 169 g/mol. The first-order valence-corrected chi connectivity index (χ1v) is 3.76. The van der Waals surface area contributed by atoms with Crippen LogP contribution in [0.5, 0.6) is 0 Å². The van der Waals surface area contributed by atoms with Gasteiger partial charge < -0.3 is 4.42 Å². The first-order chi connectivity index (χ1) is 5.27. The Kier molecular flexibility index (Phi) is 1.19. The van der Waals surface area contributed by atoms with E-state index >= 15 is 0 Å². The van der Waals surface area contributed by atoms with Crippen LogP contribution >= 0.6 is 11.3 Å². The Morgan fingerprint density at radius 3 is 3.09 bits per heavy atom. The Hall–Kier alpha value is -1.36. The Balaban J connectivity index is 3.15. The van der Waals surface area contributed by atoms with Crippen LogP contribution in [0.2, 0.25) is 0 Å². The molecule has 0 atom stereocenters. The van der Waals surface area contributed by atoms with Crippen LogP contribution < -0.4 is 11.3 Å². The summed E-state index contributed by atoms with van der Waals surface area (Å²) in [5.74, 6) is -0.704. The van der Waals surface area contributed by atoms with Gasteiger partial charge in [0.15, 0.2) is 4.90 Å². The Bertz CT molecular complexity index is 492. The van der Waals surface area contributed by atoms with E-state index in [2.05, 4.69) is 4.42 Å². The maximum absolute atomic E-state index is 11.0. The van der Waals surface area contributed by atoms with Gasteiger partial charge >= 0.3 is 5.76 Å². The van der Waals surface area contributed by atoms with Crippen LogP contribution in [-0.4, -0.2) is 4.98 Å². The zero-order chi connectivity index (χ0) is 7.84. The Morgan fingerprint density at radius 1 is 1.45 bits per heavy atom. The molecule has 0 saturated carbocycles. The van der Waals surface area contributed by atoms with Gasteiger partial charge in [0.05, 0.1) is 5.39 Å². The molecule has 4 nitrogen and oxygen atoms in total. The Labute approximate surface area is 64.1 Å². The standard InChI is InChI=1S/C6H3NO3S/c8-4-3-1-2-11-5(3)10-6(9)7-4/h1-2H,(H,7,8,9). The third kappa shape index (κ3) is 0.894. The van der Waals surface area contributed by atoms with E-state index in [1.54, 1.807) is 11.4 Å². The second-order valence-corrected chi connectivity index (χ2v) is 2.84. The van der Waals surface area contributed by atoms with Gasteiger partial charge in [-0.25, -0.2) is 4.79 Å². The molecule has 2 aromatic rings. The second-order valence-electron chi connectivity index (χ2n) is 1.97. The number of aromatic amines is 1. The van der Waals surface area contributed by atoms with E-state index in [0.29, 0.717) is 10.3 Å². The zero-order valence-electron chi connectivity index (χ0n) is 5.29. The lowest BCUT2D eigenvalue weighted by molar-refractivity contribution is 0.535. The predicted octanol–water partition coefficient (Wildman–Crippen LogP) is 0.543. The van der Waals surface area contributed by atoms with Crippen LogP contribution in [0.1, 0.15) is 0 Å². The summed E-state index contributed by atoms with van der Waals surface area (Å²) in [5.41, 5.74) is -0.391. The summed E-state index contributed by atoms with van der Waals surface area (Å²) < 4.78 is 4.69. The first-order valence-electron chi connectivity index (χ1n) is 2.88. The van der Waals surface area contributed by atoms with E-state index in [9.17, 15) is 9.59 Å². The third-order valence-electron chi connectivity index (χ3n) is 1.28. The minimum atomic E-state index is -0.704. The van der Waals surface area contributed by atoms with E-state index in [1.165, 1.54) is 11.3 Å². The molecule has 2 aromatic heterocycles. The van der Waals surface area contributed by atoms with Gasteiger partial charge in [-0.2, -0.15) is 0 Å². The molecule has 0 amide bonds. The number of aromatic nitrogens is 1. The number of H-pyrrole nitrogens is 1. The lowest BCUT2D eigenvalue weighted by Crippen LogP contribution is -2.16. The molecular formula is C6H3NO3S. The van der Waals surface area contributed by atoms with E-state index in [1.807, 2.05) is 4.98 Å². The van der Waals surface area contributed by atoms with Gasteiger partial charge in [-0.05, 0) is 11.4 Å². The molecule has 0 unspecified atom stereocenters. The minimum absolute atomic E-state index is 0.374. The molecule has 2 rings (SSSR count). The molecule has 5 heteroatoms. The van der Waals surface area contributed by atoms with Crippen LogP contribution in [0.3, 0.4) is 0 Å². The van der Waals surface area contributed by atoms with Crippen molar-refractivity contribution in [2.45, 2.75) is 0 Å². The highest BCUT2D eigenvalue weighted by Gasteiger charge is 2.01. The highest BCUT2D eigenvalue weighted by Crippen LogP contribution is 2.13. The normalized spacial score (nSPS) is 10.5. The lowest BCUT2D eigenvalue weighted by Gasteiger charge is -1.82. The molecule has 56 valence electrons. The van der Waals surface area contributed by atoms with Crippen LogP contribution in [0.4, 0.5) is 0 Å². The molecule has 1 N–H and O–H groups in total. The van der Waals surface area contributed by atoms with Crippen LogP contribution in [-0.2, 0) is 0 Å². The maximum Gasteiger partial charge on any atom is 0.420 e. The van der Waals surface area contributed by atoms with Gasteiger partial charge in [0.1, 0.15) is 0 Å². The molecule has 0 saturated heterocycles. The maximum atomic E-state index is 11.0. The van der Waals surface area contributed by atoms with Crippen molar-refractivity contribution >= 4 is 21.6 Å². The van der Waals surface area contributed by atoms with Gasteiger partial charge in [-0.3, -0.25) is 9.78 Å². The first kappa shape index (κ1) is 6.36. The molecule has 0 aliphatic heterocycles. The zero-order valence-corrected chi connectivity index (χ0v) is 6.10. The molecule has 11 heavy (non-hydrogen) atoms. The topological polar surface area (TPSA) is 63.1 Å². The smallest absolute Gasteiger partial charge is 0.398 e. The van der Waals surface area contributed by atoms with Crippen molar-refractivity contribution in [1.82, 2.24) is 4.98 Å². The molecule has 0 spiro atoms. The molecule has 2 heterocycles. The fourth-order valence-corrected chi connectivity index (χ4v) is 1.55. The fourth-order valence-electron chi connectivity index (χ4n) is 0.813.